The summed E-state index contributed by atoms with van der Waals surface area (Å²) < 4.78 is 1.84. The van der Waals surface area contributed by atoms with E-state index in [4.69, 9.17) is 0 Å². The Kier molecular flexibility index (Phi) is 7.22. The zero-order valence-electron chi connectivity index (χ0n) is 23.5. The number of rotatable bonds is 5. The van der Waals surface area contributed by atoms with Crippen LogP contribution in [0.25, 0.3) is 0 Å². The van der Waals surface area contributed by atoms with Crippen LogP contribution in [0.3, 0.4) is 0 Å². The van der Waals surface area contributed by atoms with Crippen molar-refractivity contribution in [1.82, 2.24) is 0 Å². The number of hydrogen-bond donors (Lipinski definition) is 0. The Morgan fingerprint density at radius 1 is 0.697 bits per heavy atom. The monoisotopic (exact) mass is 509 g/mol. The zero-order valence-corrected chi connectivity index (χ0v) is 27.0. The molecule has 2 aromatic carbocycles. The molecule has 0 heterocycles. The fourth-order valence-corrected chi connectivity index (χ4v) is 18.7. The summed E-state index contributed by atoms with van der Waals surface area (Å²) in [6.07, 6.45) is 0. The number of allylic oxidation sites excluding steroid dienone is 4. The van der Waals surface area contributed by atoms with Gasteiger partial charge in [-0.2, -0.15) is 0 Å². The molecule has 1 aliphatic rings. The Morgan fingerprint density at radius 2 is 1.27 bits per heavy atom. The molecule has 2 aromatic rings. The van der Waals surface area contributed by atoms with Gasteiger partial charge in [0.15, 0.2) is 0 Å². The van der Waals surface area contributed by atoms with Crippen LogP contribution in [-0.2, 0) is 17.9 Å². The van der Waals surface area contributed by atoms with Gasteiger partial charge in [0.1, 0.15) is 0 Å². The summed E-state index contributed by atoms with van der Waals surface area (Å²) in [7, 11) is -3.67. The second kappa shape index (κ2) is 8.93. The Hall–Kier alpha value is -0.932. The first-order valence-electron chi connectivity index (χ1n) is 12.5. The summed E-state index contributed by atoms with van der Waals surface area (Å²) in [5, 5.41) is 10.2. The van der Waals surface area contributed by atoms with Crippen molar-refractivity contribution in [3.63, 3.8) is 0 Å². The van der Waals surface area contributed by atoms with Crippen molar-refractivity contribution >= 4 is 31.7 Å². The minimum absolute atomic E-state index is 0.128. The average molecular weight is 510 g/mol. The van der Waals surface area contributed by atoms with E-state index in [-0.39, 0.29) is 5.04 Å². The first-order valence-corrected chi connectivity index (χ1v) is 22.4. The molecule has 0 aromatic heterocycles. The van der Waals surface area contributed by atoms with Gasteiger partial charge >= 0.3 is 213 Å². The van der Waals surface area contributed by atoms with Gasteiger partial charge in [0.25, 0.3) is 0 Å². The molecule has 0 spiro atoms. The number of benzene rings is 2. The van der Waals surface area contributed by atoms with E-state index >= 15 is 0 Å². The molecule has 3 rings (SSSR count). The van der Waals surface area contributed by atoms with E-state index < -0.39 is 34.0 Å². The van der Waals surface area contributed by atoms with Gasteiger partial charge in [0, 0.05) is 0 Å². The molecule has 0 aliphatic heterocycles. The van der Waals surface area contributed by atoms with Crippen LogP contribution in [0.15, 0.2) is 57.0 Å². The van der Waals surface area contributed by atoms with Crippen LogP contribution in [0.2, 0.25) is 41.7 Å². The molecule has 0 N–H and O–H groups in total. The summed E-state index contributed by atoms with van der Waals surface area (Å²) in [5.41, 5.74) is 9.09. The summed E-state index contributed by atoms with van der Waals surface area (Å²) in [5.74, 6) is 0. The van der Waals surface area contributed by atoms with E-state index in [9.17, 15) is 0 Å². The van der Waals surface area contributed by atoms with Crippen LogP contribution in [0.5, 0.6) is 0 Å². The van der Waals surface area contributed by atoms with E-state index in [1.54, 1.807) is 32.3 Å². The quantitative estimate of drug-likeness (QED) is 0.367. The molecule has 2 unspecified atom stereocenters. The van der Waals surface area contributed by atoms with Gasteiger partial charge in [-0.25, -0.2) is 0 Å². The van der Waals surface area contributed by atoms with Gasteiger partial charge in [-0.3, -0.25) is 0 Å². The molecule has 0 saturated heterocycles. The van der Waals surface area contributed by atoms with Gasteiger partial charge in [-0.15, -0.1) is 0 Å². The Bertz CT molecular complexity index is 1160. The number of aryl methyl sites for hydroxylation is 3. The van der Waals surface area contributed by atoms with Crippen LogP contribution in [0.1, 0.15) is 44.4 Å². The molecule has 1 aliphatic carbocycles. The Balaban J connectivity index is 2.54. The molecule has 0 fully saturated rings. The molecule has 0 nitrogen and oxygen atoms in total. The summed E-state index contributed by atoms with van der Waals surface area (Å²) in [6, 6.07) is 14.9. The molecule has 33 heavy (non-hydrogen) atoms. The van der Waals surface area contributed by atoms with Crippen LogP contribution in [0, 0.1) is 20.8 Å². The molecule has 0 radical (unpaired) electrons. The molecule has 0 bridgehead atoms. The van der Waals surface area contributed by atoms with E-state index in [0.717, 1.165) is 0 Å². The van der Waals surface area contributed by atoms with Crippen molar-refractivity contribution in [2.24, 2.45) is 0 Å². The maximum absolute atomic E-state index is 2.70. The Morgan fingerprint density at radius 3 is 1.82 bits per heavy atom. The van der Waals surface area contributed by atoms with Crippen molar-refractivity contribution in [1.29, 1.82) is 0 Å². The predicted molar refractivity (Wildman–Crippen MR) is 152 cm³/mol. The molecule has 177 valence electrons. The normalized spacial score (nSPS) is 21.0. The standard InChI is InChI=1S/C28H39Si2.2CH3.Ti/c1-19-12-13-21(3)27(16-19)30(11,28(7)18-22(4)23(5)24(28)6)26-15-20(2)14-25(17-26)29(8,9)10;;;/h12-17H,1-11H3;2*1H3;. The fourth-order valence-electron chi connectivity index (χ4n) is 6.40. The Labute approximate surface area is 212 Å². The molecular weight excluding hydrogens is 464 g/mol. The van der Waals surface area contributed by atoms with Crippen molar-refractivity contribution in [3.8, 4) is 0 Å². The van der Waals surface area contributed by atoms with Crippen molar-refractivity contribution < 1.29 is 17.9 Å². The van der Waals surface area contributed by atoms with Crippen LogP contribution in [0.4, 0.5) is 0 Å². The van der Waals surface area contributed by atoms with E-state index in [1.807, 2.05) is 3.88 Å². The first kappa shape index (κ1) is 26.7. The first-order chi connectivity index (χ1) is 15.1. The maximum atomic E-state index is 2.70. The molecular formula is C30H45Si2Ti. The zero-order chi connectivity index (χ0) is 25.1. The molecule has 2 atom stereocenters. The third-order valence-corrected chi connectivity index (χ3v) is 19.7. The van der Waals surface area contributed by atoms with Crippen molar-refractivity contribution in [3.05, 3.63) is 73.7 Å². The van der Waals surface area contributed by atoms with E-state index in [0.29, 0.717) is 0 Å². The van der Waals surface area contributed by atoms with Gasteiger partial charge in [-0.05, 0) is 0 Å². The van der Waals surface area contributed by atoms with Crippen molar-refractivity contribution in [2.45, 2.75) is 90.1 Å². The second-order valence-corrected chi connectivity index (χ2v) is 25.5. The predicted octanol–water partition coefficient (Wildman–Crippen LogP) is 7.45. The van der Waals surface area contributed by atoms with Gasteiger partial charge in [0.2, 0.25) is 0 Å². The minimum atomic E-state index is -2.23. The van der Waals surface area contributed by atoms with Crippen LogP contribution >= 0.6 is 0 Å². The summed E-state index contributed by atoms with van der Waals surface area (Å²) in [4.78, 5) is 0. The fraction of sp³-hybridized carbons (Fsp3) is 0.467. The van der Waals surface area contributed by atoms with Crippen LogP contribution < -0.4 is 15.6 Å². The molecule has 0 amide bonds. The number of hydrogen-bond acceptors (Lipinski definition) is 0. The topological polar surface area (TPSA) is 0 Å². The van der Waals surface area contributed by atoms with Crippen LogP contribution in [-0.4, -0.2) is 16.1 Å². The van der Waals surface area contributed by atoms with E-state index in [1.165, 1.54) is 16.7 Å². The summed E-state index contributed by atoms with van der Waals surface area (Å²) >= 11 is -1.35. The van der Waals surface area contributed by atoms with Gasteiger partial charge < -0.3 is 0 Å². The van der Waals surface area contributed by atoms with Gasteiger partial charge in [0.05, 0.1) is 0 Å². The molecule has 0 saturated carbocycles. The second-order valence-electron chi connectivity index (χ2n) is 12.2. The summed E-state index contributed by atoms with van der Waals surface area (Å²) in [6.45, 7) is 27.0. The third-order valence-electron chi connectivity index (χ3n) is 8.70. The average Bonchev–Trinajstić information content (AvgIpc) is 2.89. The third kappa shape index (κ3) is 4.20. The SMILES string of the molecule is CC1=C(C)C(C)([Si](C)(c2cc(C)cc([Si](C)(C)C)c2)c2cc(C)ccc2C)[C]([Ti]([CH3])[CH3])=C1C. The molecule has 3 heteroatoms. The van der Waals surface area contributed by atoms with Gasteiger partial charge in [-0.1, -0.05) is 0 Å². The van der Waals surface area contributed by atoms with E-state index in [2.05, 4.69) is 122 Å². The van der Waals surface area contributed by atoms with Crippen molar-refractivity contribution in [2.75, 3.05) is 0 Å².